The molecule has 0 saturated heterocycles. The predicted molar refractivity (Wildman–Crippen MR) is 78.5 cm³/mol. The highest BCUT2D eigenvalue weighted by Crippen LogP contribution is 2.17. The van der Waals surface area contributed by atoms with Crippen molar-refractivity contribution in [2.24, 2.45) is 0 Å². The number of aryl methyl sites for hydroxylation is 1. The summed E-state index contributed by atoms with van der Waals surface area (Å²) in [5, 5.41) is 2.05. The van der Waals surface area contributed by atoms with Crippen LogP contribution >= 0.6 is 11.3 Å². The quantitative estimate of drug-likeness (QED) is 0.784. The van der Waals surface area contributed by atoms with Gasteiger partial charge in [0.2, 0.25) is 0 Å². The van der Waals surface area contributed by atoms with Crippen LogP contribution in [-0.2, 0) is 13.1 Å². The van der Waals surface area contributed by atoms with Crippen LogP contribution in [0.4, 0.5) is 0 Å². The van der Waals surface area contributed by atoms with Crippen LogP contribution in [0.2, 0.25) is 0 Å². The SMILES string of the molecule is CC(=O)c1cc(CN(C)Cc2ncccc2C)cs1. The summed E-state index contributed by atoms with van der Waals surface area (Å²) in [7, 11) is 2.07. The van der Waals surface area contributed by atoms with Gasteiger partial charge in [-0.15, -0.1) is 11.3 Å². The number of carbonyl (C=O) groups is 1. The number of aromatic nitrogens is 1. The van der Waals surface area contributed by atoms with E-state index in [-0.39, 0.29) is 5.78 Å². The molecule has 0 fully saturated rings. The van der Waals surface area contributed by atoms with Gasteiger partial charge in [0.1, 0.15) is 0 Å². The van der Waals surface area contributed by atoms with Crippen LogP contribution in [0.3, 0.4) is 0 Å². The van der Waals surface area contributed by atoms with Gasteiger partial charge in [0.15, 0.2) is 5.78 Å². The van der Waals surface area contributed by atoms with Gasteiger partial charge in [0, 0.05) is 19.3 Å². The lowest BCUT2D eigenvalue weighted by Crippen LogP contribution is -2.18. The molecule has 0 aliphatic heterocycles. The number of carbonyl (C=O) groups excluding carboxylic acids is 1. The third kappa shape index (κ3) is 3.72. The maximum absolute atomic E-state index is 11.3. The second-order valence-electron chi connectivity index (χ2n) is 4.81. The molecule has 0 amide bonds. The lowest BCUT2D eigenvalue weighted by molar-refractivity contribution is 0.102. The normalized spacial score (nSPS) is 10.9. The zero-order chi connectivity index (χ0) is 13.8. The number of rotatable bonds is 5. The van der Waals surface area contributed by atoms with E-state index >= 15 is 0 Å². The average Bonchev–Trinajstić information content (AvgIpc) is 2.80. The van der Waals surface area contributed by atoms with Crippen molar-refractivity contribution >= 4 is 17.1 Å². The molecule has 19 heavy (non-hydrogen) atoms. The Balaban J connectivity index is 1.99. The molecule has 2 aromatic rings. The van der Waals surface area contributed by atoms with Gasteiger partial charge in [-0.3, -0.25) is 14.7 Å². The van der Waals surface area contributed by atoms with Gasteiger partial charge in [-0.2, -0.15) is 0 Å². The molecule has 4 heteroatoms. The summed E-state index contributed by atoms with van der Waals surface area (Å²) < 4.78 is 0. The van der Waals surface area contributed by atoms with Crippen molar-refractivity contribution in [3.05, 3.63) is 51.5 Å². The Labute approximate surface area is 117 Å². The van der Waals surface area contributed by atoms with Gasteiger partial charge < -0.3 is 0 Å². The van der Waals surface area contributed by atoms with Crippen LogP contribution in [-0.4, -0.2) is 22.7 Å². The molecule has 0 saturated carbocycles. The monoisotopic (exact) mass is 274 g/mol. The van der Waals surface area contributed by atoms with Crippen molar-refractivity contribution in [1.29, 1.82) is 0 Å². The lowest BCUT2D eigenvalue weighted by atomic mass is 10.2. The van der Waals surface area contributed by atoms with Gasteiger partial charge in [-0.1, -0.05) is 6.07 Å². The molecule has 2 heterocycles. The van der Waals surface area contributed by atoms with Crippen molar-refractivity contribution in [3.63, 3.8) is 0 Å². The molecule has 0 radical (unpaired) electrons. The maximum atomic E-state index is 11.3. The van der Waals surface area contributed by atoms with Crippen molar-refractivity contribution in [3.8, 4) is 0 Å². The van der Waals surface area contributed by atoms with Crippen LogP contribution < -0.4 is 0 Å². The first kappa shape index (κ1) is 13.9. The van der Waals surface area contributed by atoms with E-state index in [1.165, 1.54) is 22.5 Å². The third-order valence-electron chi connectivity index (χ3n) is 2.99. The summed E-state index contributed by atoms with van der Waals surface area (Å²) in [5.74, 6) is 0.138. The molecule has 0 spiro atoms. The zero-order valence-electron chi connectivity index (χ0n) is 11.5. The second-order valence-corrected chi connectivity index (χ2v) is 5.73. The van der Waals surface area contributed by atoms with E-state index in [4.69, 9.17) is 0 Å². The van der Waals surface area contributed by atoms with E-state index in [1.54, 1.807) is 6.92 Å². The molecular weight excluding hydrogens is 256 g/mol. The first-order chi connectivity index (χ1) is 9.06. The largest absolute Gasteiger partial charge is 0.296 e. The number of pyridine rings is 1. The molecule has 2 aromatic heterocycles. The highest BCUT2D eigenvalue weighted by atomic mass is 32.1. The van der Waals surface area contributed by atoms with E-state index < -0.39 is 0 Å². The molecule has 0 aliphatic rings. The summed E-state index contributed by atoms with van der Waals surface area (Å²) in [6.45, 7) is 5.34. The van der Waals surface area contributed by atoms with Crippen molar-refractivity contribution < 1.29 is 4.79 Å². The van der Waals surface area contributed by atoms with Gasteiger partial charge in [0.25, 0.3) is 0 Å². The number of hydrogen-bond acceptors (Lipinski definition) is 4. The molecule has 0 aliphatic carbocycles. The molecule has 0 aromatic carbocycles. The summed E-state index contributed by atoms with van der Waals surface area (Å²) in [5.41, 5.74) is 3.50. The van der Waals surface area contributed by atoms with Crippen LogP contribution in [0, 0.1) is 6.92 Å². The predicted octanol–water partition coefficient (Wildman–Crippen LogP) is 3.29. The van der Waals surface area contributed by atoms with Gasteiger partial charge >= 0.3 is 0 Å². The van der Waals surface area contributed by atoms with Crippen LogP contribution in [0.25, 0.3) is 0 Å². The molecule has 0 bridgehead atoms. The van der Waals surface area contributed by atoms with E-state index in [2.05, 4.69) is 35.3 Å². The average molecular weight is 274 g/mol. The Morgan fingerprint density at radius 2 is 2.21 bits per heavy atom. The van der Waals surface area contributed by atoms with E-state index in [0.717, 1.165) is 23.7 Å². The standard InChI is InChI=1S/C15H18N2OS/c1-11-5-4-6-16-14(11)9-17(3)8-13-7-15(12(2)18)19-10-13/h4-7,10H,8-9H2,1-3H3. The topological polar surface area (TPSA) is 33.2 Å². The Bertz CT molecular complexity index is 577. The third-order valence-corrected chi connectivity index (χ3v) is 4.07. The molecule has 3 nitrogen and oxygen atoms in total. The van der Waals surface area contributed by atoms with E-state index in [1.807, 2.05) is 18.3 Å². The molecule has 0 atom stereocenters. The van der Waals surface area contributed by atoms with E-state index in [9.17, 15) is 4.79 Å². The maximum Gasteiger partial charge on any atom is 0.169 e. The lowest BCUT2D eigenvalue weighted by Gasteiger charge is -2.16. The van der Waals surface area contributed by atoms with E-state index in [0.29, 0.717) is 0 Å². The first-order valence-corrected chi connectivity index (χ1v) is 7.11. The Morgan fingerprint density at radius 3 is 2.84 bits per heavy atom. The number of Topliss-reactive ketones (excluding diaryl/α,β-unsaturated/α-hetero) is 1. The number of hydrogen-bond donors (Lipinski definition) is 0. The highest BCUT2D eigenvalue weighted by molar-refractivity contribution is 7.12. The Morgan fingerprint density at radius 1 is 1.42 bits per heavy atom. The number of nitrogens with zero attached hydrogens (tertiary/aromatic N) is 2. The van der Waals surface area contributed by atoms with Gasteiger partial charge in [-0.05, 0) is 49.5 Å². The van der Waals surface area contributed by atoms with Gasteiger partial charge in [0.05, 0.1) is 10.6 Å². The van der Waals surface area contributed by atoms with Crippen molar-refractivity contribution in [2.75, 3.05) is 7.05 Å². The summed E-state index contributed by atoms with van der Waals surface area (Å²) in [6.07, 6.45) is 1.83. The minimum Gasteiger partial charge on any atom is -0.296 e. The van der Waals surface area contributed by atoms with Gasteiger partial charge in [-0.25, -0.2) is 0 Å². The fourth-order valence-corrected chi connectivity index (χ4v) is 2.76. The molecular formula is C15H18N2OS. The summed E-state index contributed by atoms with van der Waals surface area (Å²) in [4.78, 5) is 18.7. The highest BCUT2D eigenvalue weighted by Gasteiger charge is 2.08. The zero-order valence-corrected chi connectivity index (χ0v) is 12.3. The molecule has 0 unspecified atom stereocenters. The first-order valence-electron chi connectivity index (χ1n) is 6.23. The second kappa shape index (κ2) is 6.08. The van der Waals surface area contributed by atoms with Crippen LogP contribution in [0.1, 0.15) is 33.4 Å². The fourth-order valence-electron chi connectivity index (χ4n) is 1.95. The minimum atomic E-state index is 0.138. The van der Waals surface area contributed by atoms with Crippen LogP contribution in [0.15, 0.2) is 29.8 Å². The Hall–Kier alpha value is -1.52. The minimum absolute atomic E-state index is 0.138. The van der Waals surface area contributed by atoms with Crippen molar-refractivity contribution in [1.82, 2.24) is 9.88 Å². The number of ketones is 1. The van der Waals surface area contributed by atoms with Crippen LogP contribution in [0.5, 0.6) is 0 Å². The fraction of sp³-hybridized carbons (Fsp3) is 0.333. The van der Waals surface area contributed by atoms with Crippen molar-refractivity contribution in [2.45, 2.75) is 26.9 Å². The summed E-state index contributed by atoms with van der Waals surface area (Å²) >= 11 is 1.52. The molecule has 0 N–H and O–H groups in total. The smallest absolute Gasteiger partial charge is 0.169 e. The number of thiophene rings is 1. The molecule has 100 valence electrons. The summed E-state index contributed by atoms with van der Waals surface area (Å²) in [6, 6.07) is 6.01. The Kier molecular flexibility index (Phi) is 4.45. The molecule has 2 rings (SSSR count).